The molecule has 3 aromatic carbocycles. The number of carbonyl (C=O) groups excluding carboxylic acids is 1. The van der Waals surface area contributed by atoms with Crippen LogP contribution in [0.3, 0.4) is 0 Å². The Morgan fingerprint density at radius 1 is 1.00 bits per heavy atom. The average molecular weight is 580 g/mol. The Morgan fingerprint density at radius 3 is 2.08 bits per heavy atom. The lowest BCUT2D eigenvalue weighted by atomic mass is 9.93. The summed E-state index contributed by atoms with van der Waals surface area (Å²) in [5, 5.41) is 6.72. The maximum Gasteiger partial charge on any atom is 0.222 e. The Morgan fingerprint density at radius 2 is 1.55 bits per heavy atom. The number of likely N-dealkylation sites (tertiary alicyclic amines) is 1. The van der Waals surface area contributed by atoms with Gasteiger partial charge in [-0.25, -0.2) is 8.78 Å². The highest BCUT2D eigenvalue weighted by atomic mass is 35.5. The van der Waals surface area contributed by atoms with Gasteiger partial charge < -0.3 is 9.62 Å². The molecule has 6 nitrogen and oxygen atoms in total. The number of amides is 1. The molecule has 0 aromatic heterocycles. The van der Waals surface area contributed by atoms with Gasteiger partial charge in [-0.15, -0.1) is 0 Å². The first-order valence-corrected chi connectivity index (χ1v) is 13.7. The maximum atomic E-state index is 14.1. The van der Waals surface area contributed by atoms with E-state index in [2.05, 4.69) is 15.4 Å². The fourth-order valence-electron chi connectivity index (χ4n) is 4.38. The van der Waals surface area contributed by atoms with E-state index in [0.717, 1.165) is 17.2 Å². The molecule has 1 amide bonds. The summed E-state index contributed by atoms with van der Waals surface area (Å²) in [4.78, 5) is 24.3. The summed E-state index contributed by atoms with van der Waals surface area (Å²) in [6.07, 6.45) is 0.0291. The summed E-state index contributed by atoms with van der Waals surface area (Å²) in [5.74, 6) is -1.10. The van der Waals surface area contributed by atoms with E-state index in [1.165, 1.54) is 24.1 Å². The zero-order chi connectivity index (χ0) is 27.1. The standard InChI is InChI=1S/C27H26Cl2F2N4O2S/c28-20-5-1-18(2-6-20)27(19-3-7-21(29)8-4-19)34-16-25(17-34)35(24-14-22(30)13-23(31)15-24)38-12-11-32-26(36)9-10-33-37/h1-8,13-15,25,27H,9-12,16-17H2,(H,32,36). The quantitative estimate of drug-likeness (QED) is 0.151. The molecule has 4 rings (SSSR count). The first-order chi connectivity index (χ1) is 18.3. The van der Waals surface area contributed by atoms with Crippen LogP contribution in [-0.2, 0) is 4.79 Å². The minimum absolute atomic E-state index is 0.0291. The Bertz CT molecular complexity index is 1180. The summed E-state index contributed by atoms with van der Waals surface area (Å²) in [6.45, 7) is 1.54. The van der Waals surface area contributed by atoms with Crippen LogP contribution in [0.2, 0.25) is 10.0 Å². The van der Waals surface area contributed by atoms with Crippen LogP contribution in [0.25, 0.3) is 0 Å². The van der Waals surface area contributed by atoms with Gasteiger partial charge in [0, 0.05) is 47.9 Å². The van der Waals surface area contributed by atoms with Crippen molar-refractivity contribution in [3.63, 3.8) is 0 Å². The number of hydrogen-bond acceptors (Lipinski definition) is 6. The van der Waals surface area contributed by atoms with Crippen molar-refractivity contribution in [2.45, 2.75) is 18.5 Å². The van der Waals surface area contributed by atoms with Gasteiger partial charge in [-0.05, 0) is 59.5 Å². The van der Waals surface area contributed by atoms with Crippen molar-refractivity contribution in [1.82, 2.24) is 10.2 Å². The summed E-state index contributed by atoms with van der Waals surface area (Å²) in [7, 11) is 0. The third-order valence-electron chi connectivity index (χ3n) is 6.15. The highest BCUT2D eigenvalue weighted by molar-refractivity contribution is 8.00. The molecule has 0 spiro atoms. The molecule has 1 aliphatic rings. The topological polar surface area (TPSA) is 65.0 Å². The van der Waals surface area contributed by atoms with Crippen LogP contribution in [0.15, 0.2) is 71.9 Å². The summed E-state index contributed by atoms with van der Waals surface area (Å²) < 4.78 is 30.1. The van der Waals surface area contributed by atoms with Crippen LogP contribution < -0.4 is 9.62 Å². The van der Waals surface area contributed by atoms with Gasteiger partial charge in [-0.2, -0.15) is 4.91 Å². The van der Waals surface area contributed by atoms with Crippen molar-refractivity contribution in [2.75, 3.05) is 36.2 Å². The predicted octanol–water partition coefficient (Wildman–Crippen LogP) is 6.47. The third kappa shape index (κ3) is 7.44. The van der Waals surface area contributed by atoms with Crippen molar-refractivity contribution in [3.05, 3.63) is 104 Å². The molecule has 0 unspecified atom stereocenters. The second-order valence-corrected chi connectivity index (χ2v) is 10.8. The van der Waals surface area contributed by atoms with E-state index in [1.807, 2.05) is 52.8 Å². The smallest absolute Gasteiger partial charge is 0.222 e. The van der Waals surface area contributed by atoms with Crippen LogP contribution in [0, 0.1) is 16.5 Å². The monoisotopic (exact) mass is 578 g/mol. The highest BCUT2D eigenvalue weighted by Gasteiger charge is 2.38. The molecular weight excluding hydrogens is 553 g/mol. The van der Waals surface area contributed by atoms with Crippen molar-refractivity contribution in [1.29, 1.82) is 0 Å². The van der Waals surface area contributed by atoms with Crippen LogP contribution in [-0.4, -0.2) is 48.8 Å². The average Bonchev–Trinajstić information content (AvgIpc) is 2.86. The Hall–Kier alpha value is -2.72. The van der Waals surface area contributed by atoms with Gasteiger partial charge >= 0.3 is 0 Å². The van der Waals surface area contributed by atoms with Crippen molar-refractivity contribution in [2.24, 2.45) is 5.18 Å². The molecule has 200 valence electrons. The van der Waals surface area contributed by atoms with E-state index in [4.69, 9.17) is 23.2 Å². The van der Waals surface area contributed by atoms with Gasteiger partial charge in [-0.3, -0.25) is 9.69 Å². The Balaban J connectivity index is 1.49. The zero-order valence-corrected chi connectivity index (χ0v) is 22.7. The molecular formula is C27H26Cl2F2N4O2S. The molecule has 1 saturated heterocycles. The van der Waals surface area contributed by atoms with Gasteiger partial charge in [0.05, 0.1) is 24.3 Å². The molecule has 0 bridgehead atoms. The van der Waals surface area contributed by atoms with Gasteiger partial charge in [0.15, 0.2) is 0 Å². The number of carbonyl (C=O) groups is 1. The van der Waals surface area contributed by atoms with E-state index in [1.54, 1.807) is 0 Å². The number of rotatable bonds is 12. The maximum absolute atomic E-state index is 14.1. The minimum Gasteiger partial charge on any atom is -0.355 e. The van der Waals surface area contributed by atoms with Crippen LogP contribution in [0.1, 0.15) is 23.6 Å². The van der Waals surface area contributed by atoms with Crippen LogP contribution in [0.5, 0.6) is 0 Å². The van der Waals surface area contributed by atoms with Crippen LogP contribution >= 0.6 is 35.1 Å². The number of benzene rings is 3. The Kier molecular flexibility index (Phi) is 9.96. The van der Waals surface area contributed by atoms with Crippen molar-refractivity contribution >= 4 is 46.7 Å². The van der Waals surface area contributed by atoms with Crippen molar-refractivity contribution in [3.8, 4) is 0 Å². The van der Waals surface area contributed by atoms with E-state index in [0.29, 0.717) is 41.1 Å². The van der Waals surface area contributed by atoms with Gasteiger partial charge in [0.2, 0.25) is 5.91 Å². The molecule has 0 atom stereocenters. The molecule has 38 heavy (non-hydrogen) atoms. The number of halogens is 4. The largest absolute Gasteiger partial charge is 0.355 e. The number of nitroso groups, excluding NO2 is 1. The molecule has 11 heteroatoms. The fourth-order valence-corrected chi connectivity index (χ4v) is 5.62. The summed E-state index contributed by atoms with van der Waals surface area (Å²) in [6, 6.07) is 18.8. The Labute approximate surface area is 234 Å². The molecule has 1 fully saturated rings. The van der Waals surface area contributed by atoms with Crippen LogP contribution in [0.4, 0.5) is 14.5 Å². The van der Waals surface area contributed by atoms with Gasteiger partial charge in [0.25, 0.3) is 0 Å². The first kappa shape index (κ1) is 28.3. The van der Waals surface area contributed by atoms with E-state index in [9.17, 15) is 18.5 Å². The molecule has 0 radical (unpaired) electrons. The highest BCUT2D eigenvalue weighted by Crippen LogP contribution is 2.38. The minimum atomic E-state index is -0.656. The lowest BCUT2D eigenvalue weighted by molar-refractivity contribution is -0.120. The number of nitrogens with one attached hydrogen (secondary N) is 1. The number of nitrogens with zero attached hydrogens (tertiary/aromatic N) is 3. The second-order valence-electron chi connectivity index (χ2n) is 8.85. The fraction of sp³-hybridized carbons (Fsp3) is 0.296. The lowest BCUT2D eigenvalue weighted by Crippen LogP contribution is -2.59. The third-order valence-corrected chi connectivity index (χ3v) is 7.82. The molecule has 1 N–H and O–H groups in total. The van der Waals surface area contributed by atoms with E-state index >= 15 is 0 Å². The van der Waals surface area contributed by atoms with Crippen molar-refractivity contribution < 1.29 is 13.6 Å². The molecule has 0 aliphatic carbocycles. The van der Waals surface area contributed by atoms with Gasteiger partial charge in [-0.1, -0.05) is 52.6 Å². The number of anilines is 1. The SMILES string of the molecule is O=NCCC(=O)NCCSN(c1cc(F)cc(F)c1)C1CN(C(c2ccc(Cl)cc2)c2ccc(Cl)cc2)C1. The lowest BCUT2D eigenvalue weighted by Gasteiger charge is -2.49. The second kappa shape index (κ2) is 13.4. The van der Waals surface area contributed by atoms with E-state index < -0.39 is 11.6 Å². The summed E-state index contributed by atoms with van der Waals surface area (Å²) >= 11 is 13.6. The van der Waals surface area contributed by atoms with Gasteiger partial charge in [0.1, 0.15) is 11.6 Å². The molecule has 3 aromatic rings. The molecule has 0 saturated carbocycles. The summed E-state index contributed by atoms with van der Waals surface area (Å²) in [5.41, 5.74) is 2.56. The number of hydrogen-bond donors (Lipinski definition) is 1. The molecule has 1 aliphatic heterocycles. The first-order valence-electron chi connectivity index (χ1n) is 12.0. The predicted molar refractivity (Wildman–Crippen MR) is 150 cm³/mol. The van der Waals surface area contributed by atoms with E-state index in [-0.39, 0.29) is 31.0 Å². The molecule has 1 heterocycles. The zero-order valence-electron chi connectivity index (χ0n) is 20.3. The normalized spacial score (nSPS) is 13.8.